The van der Waals surface area contributed by atoms with Crippen molar-refractivity contribution in [1.29, 1.82) is 0 Å². The van der Waals surface area contributed by atoms with Gasteiger partial charge in [0.05, 0.1) is 18.8 Å². The molecule has 0 amide bonds. The lowest BCUT2D eigenvalue weighted by atomic mass is 9.86. The van der Waals surface area contributed by atoms with Gasteiger partial charge in [0.1, 0.15) is 0 Å². The summed E-state index contributed by atoms with van der Waals surface area (Å²) in [5.41, 5.74) is 3.99. The van der Waals surface area contributed by atoms with Gasteiger partial charge in [-0.15, -0.1) is 0 Å². The van der Waals surface area contributed by atoms with Crippen LogP contribution in [-0.4, -0.2) is 28.6 Å². The van der Waals surface area contributed by atoms with Crippen molar-refractivity contribution in [3.63, 3.8) is 0 Å². The molecule has 7 atom stereocenters. The molecule has 2 nitrogen and oxygen atoms in total. The molecule has 202 valence electrons. The molecule has 2 aromatic carbocycles. The third-order valence-electron chi connectivity index (χ3n) is 10.7. The molecule has 2 heteroatoms. The molecule has 0 radical (unpaired) electrons. The van der Waals surface area contributed by atoms with E-state index in [4.69, 9.17) is 0 Å². The third-order valence-corrected chi connectivity index (χ3v) is 10.7. The van der Waals surface area contributed by atoms with E-state index in [2.05, 4.69) is 126 Å². The lowest BCUT2D eigenvalue weighted by Crippen LogP contribution is -2.44. The van der Waals surface area contributed by atoms with Crippen LogP contribution in [0.25, 0.3) is 0 Å². The van der Waals surface area contributed by atoms with E-state index in [9.17, 15) is 0 Å². The van der Waals surface area contributed by atoms with Gasteiger partial charge in [-0.1, -0.05) is 116 Å². The Bertz CT molecular complexity index is 976. The molecule has 37 heavy (non-hydrogen) atoms. The number of hydrogen-bond donors (Lipinski definition) is 0. The summed E-state index contributed by atoms with van der Waals surface area (Å²) in [6.45, 7) is 20.9. The molecule has 3 aliphatic rings. The van der Waals surface area contributed by atoms with Crippen LogP contribution in [0.3, 0.4) is 0 Å². The Morgan fingerprint density at radius 2 is 1.19 bits per heavy atom. The first kappa shape index (κ1) is 26.9. The highest BCUT2D eigenvalue weighted by Crippen LogP contribution is 2.59. The third kappa shape index (κ3) is 5.30. The van der Waals surface area contributed by atoms with Gasteiger partial charge in [0.15, 0.2) is 0 Å². The van der Waals surface area contributed by atoms with Crippen LogP contribution >= 0.6 is 0 Å². The van der Waals surface area contributed by atoms with Crippen LogP contribution in [0.4, 0.5) is 0 Å². The molecule has 2 aromatic rings. The predicted octanol–water partition coefficient (Wildman–Crippen LogP) is 8.97. The highest BCUT2D eigenvalue weighted by molar-refractivity contribution is 5.30. The zero-order valence-corrected chi connectivity index (χ0v) is 24.8. The number of rotatable bonds is 10. The second-order valence-corrected chi connectivity index (χ2v) is 14.5. The van der Waals surface area contributed by atoms with Gasteiger partial charge < -0.3 is 0 Å². The smallest absolute Gasteiger partial charge is 0.0561 e. The quantitative estimate of drug-likeness (QED) is 0.321. The van der Waals surface area contributed by atoms with Crippen molar-refractivity contribution < 1.29 is 0 Å². The Balaban J connectivity index is 1.58. The molecule has 0 spiro atoms. The fraction of sp³-hybridized carbons (Fsp3) is 0.657. The summed E-state index contributed by atoms with van der Waals surface area (Å²) in [6, 6.07) is 24.9. The monoisotopic (exact) mass is 500 g/mol. The van der Waals surface area contributed by atoms with Crippen molar-refractivity contribution in [3.05, 3.63) is 71.8 Å². The normalized spacial score (nSPS) is 31.3. The minimum Gasteiger partial charge on any atom is -0.278 e. The maximum Gasteiger partial charge on any atom is 0.0561 e. The molecular weight excluding hydrogens is 448 g/mol. The van der Waals surface area contributed by atoms with Gasteiger partial charge in [-0.05, 0) is 71.3 Å². The van der Waals surface area contributed by atoms with E-state index in [0.717, 1.165) is 18.5 Å². The van der Waals surface area contributed by atoms with Gasteiger partial charge in [0, 0.05) is 12.1 Å². The van der Waals surface area contributed by atoms with E-state index < -0.39 is 0 Å². The second kappa shape index (κ2) is 10.2. The predicted molar refractivity (Wildman–Crippen MR) is 157 cm³/mol. The van der Waals surface area contributed by atoms with Gasteiger partial charge in [-0.25, -0.2) is 0 Å². The zero-order chi connectivity index (χ0) is 26.5. The van der Waals surface area contributed by atoms with Crippen LogP contribution in [0.5, 0.6) is 0 Å². The molecule has 3 fully saturated rings. The van der Waals surface area contributed by atoms with Crippen molar-refractivity contribution in [1.82, 2.24) is 9.80 Å². The van der Waals surface area contributed by atoms with E-state index in [-0.39, 0.29) is 0 Å². The summed E-state index contributed by atoms with van der Waals surface area (Å²) < 4.78 is 0. The Kier molecular flexibility index (Phi) is 7.40. The van der Waals surface area contributed by atoms with Crippen molar-refractivity contribution in [2.24, 2.45) is 34.5 Å². The fourth-order valence-corrected chi connectivity index (χ4v) is 8.04. The summed E-state index contributed by atoms with van der Waals surface area (Å²) in [6.07, 6.45) is 5.31. The van der Waals surface area contributed by atoms with E-state index in [1.807, 2.05) is 0 Å². The first-order valence-electron chi connectivity index (χ1n) is 15.2. The minimum absolute atomic E-state index is 0.381. The Hall–Kier alpha value is -1.64. The lowest BCUT2D eigenvalue weighted by Gasteiger charge is -2.38. The van der Waals surface area contributed by atoms with E-state index in [1.54, 1.807) is 0 Å². The molecule has 0 bridgehead atoms. The van der Waals surface area contributed by atoms with Crippen molar-refractivity contribution in [3.8, 4) is 0 Å². The van der Waals surface area contributed by atoms with E-state index in [0.29, 0.717) is 46.8 Å². The molecule has 1 aliphatic heterocycles. The van der Waals surface area contributed by atoms with Gasteiger partial charge >= 0.3 is 0 Å². The fourth-order valence-electron chi connectivity index (χ4n) is 8.04. The molecule has 1 heterocycles. The Morgan fingerprint density at radius 3 is 1.57 bits per heavy atom. The molecule has 0 aromatic heterocycles. The average Bonchev–Trinajstić information content (AvgIpc) is 3.64. The number of benzene rings is 2. The van der Waals surface area contributed by atoms with Crippen LogP contribution < -0.4 is 0 Å². The summed E-state index contributed by atoms with van der Waals surface area (Å²) in [5.74, 6) is 3.04. The van der Waals surface area contributed by atoms with Gasteiger partial charge in [-0.2, -0.15) is 0 Å². The van der Waals surface area contributed by atoms with Crippen LogP contribution in [0.2, 0.25) is 0 Å². The number of hydrogen-bond acceptors (Lipinski definition) is 2. The van der Waals surface area contributed by atoms with E-state index >= 15 is 0 Å². The lowest BCUT2D eigenvalue weighted by molar-refractivity contribution is 0.0776. The van der Waals surface area contributed by atoms with Crippen molar-refractivity contribution >= 4 is 0 Å². The van der Waals surface area contributed by atoms with Crippen LogP contribution in [0, 0.1) is 34.5 Å². The molecule has 0 unspecified atom stereocenters. The van der Waals surface area contributed by atoms with Gasteiger partial charge in [0.25, 0.3) is 0 Å². The SMILES string of the molecule is CC[C@H]([C@@H](C)[C@@H]1CC1(C)C)N1CN([C@H](C[C@H]2CC2(C)C)C(C)C)[C@H](c2ccccc2)[C@H]1c1ccccc1. The maximum absolute atomic E-state index is 2.94. The molecular formula is C35H52N2. The molecule has 0 N–H and O–H groups in total. The maximum atomic E-state index is 2.94. The Labute approximate surface area is 227 Å². The average molecular weight is 501 g/mol. The van der Waals surface area contributed by atoms with E-state index in [1.165, 1.54) is 36.8 Å². The minimum atomic E-state index is 0.381. The summed E-state index contributed by atoms with van der Waals surface area (Å²) in [7, 11) is 0. The molecule has 5 rings (SSSR count). The Morgan fingerprint density at radius 1 is 0.730 bits per heavy atom. The molecule has 2 saturated carbocycles. The first-order chi connectivity index (χ1) is 17.5. The summed E-state index contributed by atoms with van der Waals surface area (Å²) >= 11 is 0. The second-order valence-electron chi connectivity index (χ2n) is 14.5. The van der Waals surface area contributed by atoms with Crippen LogP contribution in [0.15, 0.2) is 60.7 Å². The topological polar surface area (TPSA) is 6.48 Å². The highest BCUT2D eigenvalue weighted by Gasteiger charge is 2.55. The summed E-state index contributed by atoms with van der Waals surface area (Å²) in [5, 5.41) is 0. The van der Waals surface area contributed by atoms with Gasteiger partial charge in [-0.3, -0.25) is 9.80 Å². The van der Waals surface area contributed by atoms with Gasteiger partial charge in [0.2, 0.25) is 0 Å². The summed E-state index contributed by atoms with van der Waals surface area (Å²) in [4.78, 5) is 5.89. The van der Waals surface area contributed by atoms with Crippen molar-refractivity contribution in [2.75, 3.05) is 6.67 Å². The molecule has 2 aliphatic carbocycles. The first-order valence-corrected chi connectivity index (χ1v) is 15.2. The largest absolute Gasteiger partial charge is 0.278 e. The number of nitrogens with zero attached hydrogens (tertiary/aromatic N) is 2. The highest BCUT2D eigenvalue weighted by atomic mass is 15.4. The van der Waals surface area contributed by atoms with Crippen molar-refractivity contribution in [2.45, 2.75) is 105 Å². The van der Waals surface area contributed by atoms with Crippen LogP contribution in [-0.2, 0) is 0 Å². The zero-order valence-electron chi connectivity index (χ0n) is 24.8. The standard InChI is InChI=1S/C35H52N2/c1-9-30(25(4)29-22-35(29,7)8)36-23-37(31(24(2)3)20-28-21-34(28,5)6)33(27-18-14-11-15-19-27)32(36)26-16-12-10-13-17-26/h10-19,24-25,28-33H,9,20-23H2,1-8H3/t25-,28-,29-,30+,31+,32+,33+/m0/s1. The van der Waals surface area contributed by atoms with Crippen LogP contribution in [0.1, 0.15) is 104 Å². The molecule has 1 saturated heterocycles.